The van der Waals surface area contributed by atoms with Crippen LogP contribution >= 0.6 is 0 Å². The monoisotopic (exact) mass is 252 g/mol. The normalized spacial score (nSPS) is 9.68. The predicted octanol–water partition coefficient (Wildman–Crippen LogP) is 2.34. The van der Waals surface area contributed by atoms with Crippen LogP contribution in [-0.2, 0) is 16.0 Å². The molecule has 0 saturated heterocycles. The van der Waals surface area contributed by atoms with E-state index < -0.39 is 0 Å². The molecule has 94 valence electrons. The van der Waals surface area contributed by atoms with Gasteiger partial charge in [-0.15, -0.1) is 0 Å². The number of nitrogens with zero attached hydrogens (tertiary/aromatic N) is 2. The van der Waals surface area contributed by atoms with Crippen LogP contribution in [0.5, 0.6) is 0 Å². The van der Waals surface area contributed by atoms with Crippen molar-refractivity contribution in [2.45, 2.75) is 6.42 Å². The van der Waals surface area contributed by atoms with Gasteiger partial charge in [-0.3, -0.25) is 9.78 Å². The lowest BCUT2D eigenvalue weighted by Gasteiger charge is -2.08. The molecular formula is C15H12N2O2. The molecule has 0 fully saturated rings. The van der Waals surface area contributed by atoms with Crippen molar-refractivity contribution >= 4 is 5.97 Å². The Labute approximate surface area is 111 Å². The van der Waals surface area contributed by atoms with Crippen molar-refractivity contribution in [3.63, 3.8) is 0 Å². The Hall–Kier alpha value is -2.67. The fraction of sp³-hybridized carbons (Fsp3) is 0.133. The maximum absolute atomic E-state index is 11.4. The summed E-state index contributed by atoms with van der Waals surface area (Å²) in [6, 6.07) is 13.2. The quantitative estimate of drug-likeness (QED) is 0.786. The molecule has 0 aliphatic carbocycles. The third kappa shape index (κ3) is 2.96. The SMILES string of the molecule is COC(=O)Cc1cc(C#N)cnc1-c1ccccc1. The average Bonchev–Trinajstić information content (AvgIpc) is 2.48. The van der Waals surface area contributed by atoms with E-state index in [0.29, 0.717) is 16.8 Å². The average molecular weight is 252 g/mol. The van der Waals surface area contributed by atoms with Crippen LogP contribution in [-0.4, -0.2) is 18.1 Å². The number of rotatable bonds is 3. The highest BCUT2D eigenvalue weighted by atomic mass is 16.5. The van der Waals surface area contributed by atoms with Crippen LogP contribution in [0.1, 0.15) is 11.1 Å². The van der Waals surface area contributed by atoms with Crippen LogP contribution in [0.3, 0.4) is 0 Å². The van der Waals surface area contributed by atoms with Crippen LogP contribution in [0.15, 0.2) is 42.6 Å². The molecule has 0 radical (unpaired) electrons. The number of pyridine rings is 1. The summed E-state index contributed by atoms with van der Waals surface area (Å²) >= 11 is 0. The zero-order valence-corrected chi connectivity index (χ0v) is 10.5. The Morgan fingerprint density at radius 2 is 2.11 bits per heavy atom. The molecule has 2 aromatic rings. The number of carbonyl (C=O) groups excluding carboxylic acids is 1. The van der Waals surface area contributed by atoms with E-state index in [1.54, 1.807) is 6.07 Å². The number of benzene rings is 1. The summed E-state index contributed by atoms with van der Waals surface area (Å²) in [7, 11) is 1.34. The van der Waals surface area contributed by atoms with Crippen molar-refractivity contribution in [3.8, 4) is 17.3 Å². The fourth-order valence-corrected chi connectivity index (χ4v) is 1.79. The van der Waals surface area contributed by atoms with Gasteiger partial charge in [0.05, 0.1) is 24.8 Å². The van der Waals surface area contributed by atoms with Crippen LogP contribution < -0.4 is 0 Å². The molecule has 1 aromatic carbocycles. The molecule has 0 unspecified atom stereocenters. The summed E-state index contributed by atoms with van der Waals surface area (Å²) in [6.07, 6.45) is 1.60. The molecule has 1 aromatic heterocycles. The van der Waals surface area contributed by atoms with Crippen molar-refractivity contribution in [2.75, 3.05) is 7.11 Å². The summed E-state index contributed by atoms with van der Waals surface area (Å²) in [5.74, 6) is -0.353. The van der Waals surface area contributed by atoms with Gasteiger partial charge < -0.3 is 4.74 Å². The number of methoxy groups -OCH3 is 1. The zero-order valence-electron chi connectivity index (χ0n) is 10.5. The lowest BCUT2D eigenvalue weighted by Crippen LogP contribution is -2.07. The fourth-order valence-electron chi connectivity index (χ4n) is 1.79. The molecule has 0 saturated carbocycles. The van der Waals surface area contributed by atoms with E-state index >= 15 is 0 Å². The summed E-state index contributed by atoms with van der Waals surface area (Å²) in [5, 5.41) is 8.91. The Morgan fingerprint density at radius 3 is 2.74 bits per heavy atom. The first-order chi connectivity index (χ1) is 9.24. The zero-order chi connectivity index (χ0) is 13.7. The minimum atomic E-state index is -0.353. The first kappa shape index (κ1) is 12.8. The second-order valence-electron chi connectivity index (χ2n) is 3.96. The summed E-state index contributed by atoms with van der Waals surface area (Å²) in [6.45, 7) is 0. The smallest absolute Gasteiger partial charge is 0.310 e. The van der Waals surface area contributed by atoms with E-state index in [1.165, 1.54) is 13.3 Å². The van der Waals surface area contributed by atoms with Crippen molar-refractivity contribution in [2.24, 2.45) is 0 Å². The second-order valence-corrected chi connectivity index (χ2v) is 3.96. The van der Waals surface area contributed by atoms with Gasteiger partial charge in [0.2, 0.25) is 0 Å². The third-order valence-electron chi connectivity index (χ3n) is 2.71. The molecule has 0 atom stereocenters. The van der Waals surface area contributed by atoms with Gasteiger partial charge in [0.25, 0.3) is 0 Å². The minimum Gasteiger partial charge on any atom is -0.469 e. The van der Waals surface area contributed by atoms with Crippen LogP contribution in [0.25, 0.3) is 11.3 Å². The summed E-state index contributed by atoms with van der Waals surface area (Å²) < 4.78 is 4.67. The molecule has 0 bridgehead atoms. The number of esters is 1. The molecule has 0 aliphatic rings. The van der Waals surface area contributed by atoms with Crippen LogP contribution in [0.4, 0.5) is 0 Å². The minimum absolute atomic E-state index is 0.100. The highest BCUT2D eigenvalue weighted by Crippen LogP contribution is 2.22. The molecule has 1 heterocycles. The maximum atomic E-state index is 11.4. The topological polar surface area (TPSA) is 63.0 Å². The molecule has 0 amide bonds. The molecule has 19 heavy (non-hydrogen) atoms. The predicted molar refractivity (Wildman–Crippen MR) is 70.1 cm³/mol. The lowest BCUT2D eigenvalue weighted by atomic mass is 10.0. The number of hydrogen-bond acceptors (Lipinski definition) is 4. The molecule has 0 aliphatic heterocycles. The van der Waals surface area contributed by atoms with E-state index in [1.807, 2.05) is 36.4 Å². The summed E-state index contributed by atoms with van der Waals surface area (Å²) in [5.41, 5.74) is 2.73. The van der Waals surface area contributed by atoms with Crippen molar-refractivity contribution < 1.29 is 9.53 Å². The van der Waals surface area contributed by atoms with Crippen LogP contribution in [0, 0.1) is 11.3 Å². The molecule has 0 N–H and O–H groups in total. The van der Waals surface area contributed by atoms with Gasteiger partial charge in [0, 0.05) is 11.8 Å². The van der Waals surface area contributed by atoms with Crippen molar-refractivity contribution in [1.29, 1.82) is 5.26 Å². The number of aromatic nitrogens is 1. The van der Waals surface area contributed by atoms with Crippen molar-refractivity contribution in [3.05, 3.63) is 53.7 Å². The lowest BCUT2D eigenvalue weighted by molar-refractivity contribution is -0.139. The van der Waals surface area contributed by atoms with Gasteiger partial charge in [-0.05, 0) is 11.6 Å². The Bertz CT molecular complexity index is 630. The molecular weight excluding hydrogens is 240 g/mol. The summed E-state index contributed by atoms with van der Waals surface area (Å²) in [4.78, 5) is 15.7. The van der Waals surface area contributed by atoms with E-state index in [9.17, 15) is 4.79 Å². The second kappa shape index (κ2) is 5.78. The molecule has 4 heteroatoms. The Morgan fingerprint density at radius 1 is 1.37 bits per heavy atom. The van der Waals surface area contributed by atoms with Gasteiger partial charge in [-0.1, -0.05) is 30.3 Å². The highest BCUT2D eigenvalue weighted by molar-refractivity contribution is 5.76. The molecule has 2 rings (SSSR count). The molecule has 0 spiro atoms. The van der Waals surface area contributed by atoms with Crippen LogP contribution in [0.2, 0.25) is 0 Å². The standard InChI is InChI=1S/C15H12N2O2/c1-19-14(18)8-13-7-11(9-16)10-17-15(13)12-5-3-2-4-6-12/h2-7,10H,8H2,1H3. The van der Waals surface area contributed by atoms with Gasteiger partial charge >= 0.3 is 5.97 Å². The van der Waals surface area contributed by atoms with Gasteiger partial charge in [0.15, 0.2) is 0 Å². The largest absolute Gasteiger partial charge is 0.469 e. The third-order valence-corrected chi connectivity index (χ3v) is 2.71. The van der Waals surface area contributed by atoms with E-state index in [4.69, 9.17) is 5.26 Å². The van der Waals surface area contributed by atoms with E-state index in [2.05, 4.69) is 9.72 Å². The van der Waals surface area contributed by atoms with Gasteiger partial charge in [-0.25, -0.2) is 0 Å². The number of hydrogen-bond donors (Lipinski definition) is 0. The molecule has 4 nitrogen and oxygen atoms in total. The Kier molecular flexibility index (Phi) is 3.89. The Balaban J connectivity index is 2.48. The number of carbonyl (C=O) groups is 1. The van der Waals surface area contributed by atoms with E-state index in [0.717, 1.165) is 5.56 Å². The first-order valence-corrected chi connectivity index (χ1v) is 5.76. The first-order valence-electron chi connectivity index (χ1n) is 5.76. The van der Waals surface area contributed by atoms with Gasteiger partial charge in [-0.2, -0.15) is 5.26 Å². The highest BCUT2D eigenvalue weighted by Gasteiger charge is 2.12. The number of ether oxygens (including phenoxy) is 1. The van der Waals surface area contributed by atoms with E-state index in [-0.39, 0.29) is 12.4 Å². The number of nitriles is 1. The maximum Gasteiger partial charge on any atom is 0.310 e. The van der Waals surface area contributed by atoms with Gasteiger partial charge in [0.1, 0.15) is 6.07 Å². The van der Waals surface area contributed by atoms with Crippen molar-refractivity contribution in [1.82, 2.24) is 4.98 Å².